The predicted molar refractivity (Wildman–Crippen MR) is 69.1 cm³/mol. The minimum atomic E-state index is -0.318. The molecule has 1 aliphatic rings. The SMILES string of the molecule is CCC1(C)OC(=S)Nc2ccc(Br)cc21. The molecular formula is C11H12BrNOS. The molecular weight excluding hydrogens is 274 g/mol. The number of nitrogens with one attached hydrogen (secondary N) is 1. The highest BCUT2D eigenvalue weighted by Gasteiger charge is 2.34. The van der Waals surface area contributed by atoms with Gasteiger partial charge in [-0.1, -0.05) is 22.9 Å². The lowest BCUT2D eigenvalue weighted by molar-refractivity contribution is 0.0689. The Morgan fingerprint density at radius 2 is 2.27 bits per heavy atom. The maximum atomic E-state index is 5.70. The Morgan fingerprint density at radius 3 is 2.93 bits per heavy atom. The lowest BCUT2D eigenvalue weighted by atomic mass is 9.90. The maximum Gasteiger partial charge on any atom is 0.262 e. The predicted octanol–water partition coefficient (Wildman–Crippen LogP) is 3.80. The molecule has 1 aliphatic heterocycles. The number of ether oxygens (including phenoxy) is 1. The summed E-state index contributed by atoms with van der Waals surface area (Å²) in [4.78, 5) is 0. The van der Waals surface area contributed by atoms with Gasteiger partial charge in [-0.05, 0) is 43.8 Å². The van der Waals surface area contributed by atoms with Crippen LogP contribution in [0.3, 0.4) is 0 Å². The van der Waals surface area contributed by atoms with Crippen molar-refractivity contribution in [2.24, 2.45) is 0 Å². The van der Waals surface area contributed by atoms with Gasteiger partial charge in [-0.15, -0.1) is 0 Å². The molecule has 0 saturated carbocycles. The molecule has 2 rings (SSSR count). The first-order chi connectivity index (χ1) is 7.05. The van der Waals surface area contributed by atoms with Crippen molar-refractivity contribution in [2.45, 2.75) is 25.9 Å². The van der Waals surface area contributed by atoms with Gasteiger partial charge < -0.3 is 10.1 Å². The Labute approximate surface area is 103 Å². The van der Waals surface area contributed by atoms with Gasteiger partial charge in [0, 0.05) is 15.7 Å². The first-order valence-electron chi connectivity index (χ1n) is 4.85. The fourth-order valence-electron chi connectivity index (χ4n) is 1.72. The van der Waals surface area contributed by atoms with E-state index in [2.05, 4.69) is 41.2 Å². The number of halogens is 1. The van der Waals surface area contributed by atoms with Gasteiger partial charge >= 0.3 is 0 Å². The Kier molecular flexibility index (Phi) is 2.73. The lowest BCUT2D eigenvalue weighted by Crippen LogP contribution is -2.36. The summed E-state index contributed by atoms with van der Waals surface area (Å²) in [6.07, 6.45) is 0.887. The van der Waals surface area contributed by atoms with Crippen LogP contribution >= 0.6 is 28.1 Å². The van der Waals surface area contributed by atoms with Gasteiger partial charge in [0.05, 0.1) is 0 Å². The highest BCUT2D eigenvalue weighted by molar-refractivity contribution is 9.10. The van der Waals surface area contributed by atoms with Crippen molar-refractivity contribution in [1.29, 1.82) is 0 Å². The highest BCUT2D eigenvalue weighted by atomic mass is 79.9. The molecule has 0 fully saturated rings. The summed E-state index contributed by atoms with van der Waals surface area (Å²) in [5.41, 5.74) is 1.87. The van der Waals surface area contributed by atoms with Crippen LogP contribution in [0.2, 0.25) is 0 Å². The smallest absolute Gasteiger partial charge is 0.262 e. The van der Waals surface area contributed by atoms with Crippen molar-refractivity contribution in [3.05, 3.63) is 28.2 Å². The average molecular weight is 286 g/mol. The molecule has 0 bridgehead atoms. The van der Waals surface area contributed by atoms with Gasteiger partial charge in [0.2, 0.25) is 0 Å². The summed E-state index contributed by atoms with van der Waals surface area (Å²) in [6, 6.07) is 6.09. The third kappa shape index (κ3) is 1.88. The fourth-order valence-corrected chi connectivity index (χ4v) is 2.38. The largest absolute Gasteiger partial charge is 0.460 e. The molecule has 0 aromatic heterocycles. The van der Waals surface area contributed by atoms with E-state index in [0.717, 1.165) is 22.1 Å². The zero-order valence-corrected chi connectivity index (χ0v) is 11.0. The van der Waals surface area contributed by atoms with Crippen LogP contribution in [0.5, 0.6) is 0 Å². The summed E-state index contributed by atoms with van der Waals surface area (Å²) in [7, 11) is 0. The third-order valence-corrected chi connectivity index (χ3v) is 3.46. The molecule has 1 heterocycles. The zero-order valence-electron chi connectivity index (χ0n) is 8.63. The van der Waals surface area contributed by atoms with E-state index in [9.17, 15) is 0 Å². The molecule has 1 aromatic rings. The Balaban J connectivity index is 2.57. The third-order valence-electron chi connectivity index (χ3n) is 2.78. The van der Waals surface area contributed by atoms with Crippen molar-refractivity contribution < 1.29 is 4.74 Å². The molecule has 80 valence electrons. The number of benzene rings is 1. The minimum absolute atomic E-state index is 0.318. The molecule has 4 heteroatoms. The van der Waals surface area contributed by atoms with Crippen LogP contribution in [0.25, 0.3) is 0 Å². The number of rotatable bonds is 1. The van der Waals surface area contributed by atoms with Crippen LogP contribution in [-0.2, 0) is 10.3 Å². The van der Waals surface area contributed by atoms with Crippen molar-refractivity contribution in [1.82, 2.24) is 0 Å². The summed E-state index contributed by atoms with van der Waals surface area (Å²) in [5.74, 6) is 0. The molecule has 15 heavy (non-hydrogen) atoms. The van der Waals surface area contributed by atoms with Crippen molar-refractivity contribution in [2.75, 3.05) is 5.32 Å². The van der Waals surface area contributed by atoms with Crippen LogP contribution in [0, 0.1) is 0 Å². The number of hydrogen-bond acceptors (Lipinski definition) is 2. The molecule has 0 amide bonds. The Morgan fingerprint density at radius 1 is 1.53 bits per heavy atom. The van der Waals surface area contributed by atoms with Gasteiger partial charge in [-0.2, -0.15) is 0 Å². The summed E-state index contributed by atoms with van der Waals surface area (Å²) >= 11 is 8.56. The molecule has 1 atom stereocenters. The Bertz CT molecular complexity index is 421. The average Bonchev–Trinajstić information content (AvgIpc) is 2.19. The van der Waals surface area contributed by atoms with Crippen LogP contribution in [0.1, 0.15) is 25.8 Å². The highest BCUT2D eigenvalue weighted by Crippen LogP contribution is 2.39. The second-order valence-electron chi connectivity index (χ2n) is 3.79. The van der Waals surface area contributed by atoms with Crippen molar-refractivity contribution in [3.8, 4) is 0 Å². The summed E-state index contributed by atoms with van der Waals surface area (Å²) in [5, 5.41) is 3.52. The summed E-state index contributed by atoms with van der Waals surface area (Å²) < 4.78 is 6.76. The van der Waals surface area contributed by atoms with Crippen LogP contribution in [0.15, 0.2) is 22.7 Å². The van der Waals surface area contributed by atoms with E-state index >= 15 is 0 Å². The normalized spacial score (nSPS) is 24.1. The van der Waals surface area contributed by atoms with Crippen LogP contribution in [-0.4, -0.2) is 5.17 Å². The van der Waals surface area contributed by atoms with Gasteiger partial charge in [0.1, 0.15) is 5.60 Å². The number of anilines is 1. The zero-order chi connectivity index (χ0) is 11.1. The van der Waals surface area contributed by atoms with Crippen molar-refractivity contribution in [3.63, 3.8) is 0 Å². The molecule has 1 unspecified atom stereocenters. The van der Waals surface area contributed by atoms with E-state index in [1.54, 1.807) is 0 Å². The number of fused-ring (bicyclic) bond motifs is 1. The van der Waals surface area contributed by atoms with E-state index < -0.39 is 0 Å². The molecule has 0 radical (unpaired) electrons. The molecule has 0 spiro atoms. The standard InChI is InChI=1S/C11H12BrNOS/c1-3-11(2)8-6-7(12)4-5-9(8)13-10(15)14-11/h4-6H,3H2,1-2H3,(H,13,15). The van der Waals surface area contributed by atoms with E-state index in [-0.39, 0.29) is 5.60 Å². The van der Waals surface area contributed by atoms with Gasteiger partial charge in [-0.25, -0.2) is 0 Å². The van der Waals surface area contributed by atoms with E-state index in [0.29, 0.717) is 5.17 Å². The van der Waals surface area contributed by atoms with Gasteiger partial charge in [0.25, 0.3) is 5.17 Å². The molecule has 1 N–H and O–H groups in total. The second-order valence-corrected chi connectivity index (χ2v) is 5.08. The van der Waals surface area contributed by atoms with Crippen LogP contribution < -0.4 is 5.32 Å². The number of thiocarbonyl (C=S) groups is 1. The summed E-state index contributed by atoms with van der Waals surface area (Å²) in [6.45, 7) is 4.16. The topological polar surface area (TPSA) is 21.3 Å². The van der Waals surface area contributed by atoms with Crippen molar-refractivity contribution >= 4 is 39.0 Å². The minimum Gasteiger partial charge on any atom is -0.460 e. The molecule has 0 aliphatic carbocycles. The quantitative estimate of drug-likeness (QED) is 0.793. The second kappa shape index (κ2) is 3.76. The molecule has 1 aromatic carbocycles. The molecule has 0 saturated heterocycles. The lowest BCUT2D eigenvalue weighted by Gasteiger charge is -2.36. The van der Waals surface area contributed by atoms with E-state index in [4.69, 9.17) is 17.0 Å². The van der Waals surface area contributed by atoms with E-state index in [1.165, 1.54) is 0 Å². The number of hydrogen-bond donors (Lipinski definition) is 1. The van der Waals surface area contributed by atoms with Gasteiger partial charge in [-0.3, -0.25) is 0 Å². The maximum absolute atomic E-state index is 5.70. The monoisotopic (exact) mass is 285 g/mol. The van der Waals surface area contributed by atoms with Gasteiger partial charge in [0.15, 0.2) is 0 Å². The molecule has 2 nitrogen and oxygen atoms in total. The van der Waals surface area contributed by atoms with E-state index in [1.807, 2.05) is 12.1 Å². The fraction of sp³-hybridized carbons (Fsp3) is 0.364. The Hall–Kier alpha value is -0.610. The first kappa shape index (κ1) is 10.9. The first-order valence-corrected chi connectivity index (χ1v) is 6.05. The van der Waals surface area contributed by atoms with Crippen LogP contribution in [0.4, 0.5) is 5.69 Å².